The lowest BCUT2D eigenvalue weighted by Gasteiger charge is -2.19. The SMILES string of the molecule is Cc1cc(NC(=O)c2cnn(-c3ccccc3)c2)ccc1N1CCCC1=O. The topological polar surface area (TPSA) is 67.2 Å². The molecule has 6 nitrogen and oxygen atoms in total. The van der Waals surface area contributed by atoms with Crippen molar-refractivity contribution in [3.8, 4) is 5.69 Å². The highest BCUT2D eigenvalue weighted by Crippen LogP contribution is 2.27. The molecule has 136 valence electrons. The quantitative estimate of drug-likeness (QED) is 0.773. The maximum Gasteiger partial charge on any atom is 0.258 e. The summed E-state index contributed by atoms with van der Waals surface area (Å²) in [6.45, 7) is 2.70. The average Bonchev–Trinajstić information content (AvgIpc) is 3.32. The van der Waals surface area contributed by atoms with Crippen LogP contribution in [-0.2, 0) is 4.79 Å². The summed E-state index contributed by atoms with van der Waals surface area (Å²) in [6, 6.07) is 15.2. The Morgan fingerprint density at radius 2 is 1.96 bits per heavy atom. The smallest absolute Gasteiger partial charge is 0.258 e. The highest BCUT2D eigenvalue weighted by atomic mass is 16.2. The first-order valence-electron chi connectivity index (χ1n) is 8.94. The van der Waals surface area contributed by atoms with Crippen molar-refractivity contribution in [3.05, 3.63) is 72.1 Å². The summed E-state index contributed by atoms with van der Waals surface area (Å²) >= 11 is 0. The van der Waals surface area contributed by atoms with E-state index in [1.165, 1.54) is 0 Å². The molecule has 0 atom stereocenters. The fraction of sp³-hybridized carbons (Fsp3) is 0.190. The van der Waals surface area contributed by atoms with Crippen molar-refractivity contribution in [2.45, 2.75) is 19.8 Å². The first-order valence-corrected chi connectivity index (χ1v) is 8.94. The Hall–Kier alpha value is -3.41. The van der Waals surface area contributed by atoms with Crippen LogP contribution >= 0.6 is 0 Å². The van der Waals surface area contributed by atoms with E-state index in [9.17, 15) is 9.59 Å². The van der Waals surface area contributed by atoms with Crippen molar-refractivity contribution >= 4 is 23.2 Å². The second-order valence-corrected chi connectivity index (χ2v) is 6.61. The standard InChI is InChI=1S/C21H20N4O2/c1-15-12-17(9-10-19(15)24-11-5-8-20(24)26)23-21(27)16-13-22-25(14-16)18-6-3-2-4-7-18/h2-4,6-7,9-10,12-14H,5,8,11H2,1H3,(H,23,27). The van der Waals surface area contributed by atoms with Gasteiger partial charge in [0.1, 0.15) is 0 Å². The number of hydrogen-bond donors (Lipinski definition) is 1. The van der Waals surface area contributed by atoms with Crippen molar-refractivity contribution in [1.29, 1.82) is 0 Å². The Kier molecular flexibility index (Phi) is 4.46. The van der Waals surface area contributed by atoms with Crippen LogP contribution in [0, 0.1) is 6.92 Å². The lowest BCUT2D eigenvalue weighted by atomic mass is 10.1. The summed E-state index contributed by atoms with van der Waals surface area (Å²) in [4.78, 5) is 26.3. The zero-order valence-corrected chi connectivity index (χ0v) is 15.1. The number of para-hydroxylation sites is 1. The molecular weight excluding hydrogens is 340 g/mol. The summed E-state index contributed by atoms with van der Waals surface area (Å²) in [5.41, 5.74) is 3.94. The van der Waals surface area contributed by atoms with Crippen molar-refractivity contribution in [2.75, 3.05) is 16.8 Å². The first-order chi connectivity index (χ1) is 13.1. The summed E-state index contributed by atoms with van der Waals surface area (Å²) < 4.78 is 1.67. The zero-order valence-electron chi connectivity index (χ0n) is 15.1. The Balaban J connectivity index is 1.49. The number of aryl methyl sites for hydroxylation is 1. The van der Waals surface area contributed by atoms with Gasteiger partial charge in [-0.3, -0.25) is 9.59 Å². The monoisotopic (exact) mass is 360 g/mol. The van der Waals surface area contributed by atoms with Crippen LogP contribution in [0.5, 0.6) is 0 Å². The normalized spacial score (nSPS) is 13.8. The van der Waals surface area contributed by atoms with Gasteiger partial charge in [0.2, 0.25) is 5.91 Å². The van der Waals surface area contributed by atoms with Crippen LogP contribution < -0.4 is 10.2 Å². The number of carbonyl (C=O) groups excluding carboxylic acids is 2. The van der Waals surface area contributed by atoms with Crippen LogP contribution in [0.2, 0.25) is 0 Å². The van der Waals surface area contributed by atoms with E-state index < -0.39 is 0 Å². The number of amides is 2. The number of nitrogens with zero attached hydrogens (tertiary/aromatic N) is 3. The van der Waals surface area contributed by atoms with E-state index in [4.69, 9.17) is 0 Å². The number of anilines is 2. The van der Waals surface area contributed by atoms with Gasteiger partial charge in [0, 0.05) is 30.5 Å². The van der Waals surface area contributed by atoms with Gasteiger partial charge in [-0.25, -0.2) is 4.68 Å². The van der Waals surface area contributed by atoms with Gasteiger partial charge in [-0.15, -0.1) is 0 Å². The highest BCUT2D eigenvalue weighted by Gasteiger charge is 2.23. The summed E-state index contributed by atoms with van der Waals surface area (Å²) in [6.07, 6.45) is 4.74. The minimum Gasteiger partial charge on any atom is -0.322 e. The van der Waals surface area contributed by atoms with Gasteiger partial charge in [-0.2, -0.15) is 5.10 Å². The molecule has 1 fully saturated rings. The van der Waals surface area contributed by atoms with Gasteiger partial charge in [0.15, 0.2) is 0 Å². The second-order valence-electron chi connectivity index (χ2n) is 6.61. The molecule has 0 bridgehead atoms. The van der Waals surface area contributed by atoms with Crippen LogP contribution in [0.4, 0.5) is 11.4 Å². The van der Waals surface area contributed by atoms with Gasteiger partial charge in [-0.1, -0.05) is 18.2 Å². The van der Waals surface area contributed by atoms with E-state index in [0.29, 0.717) is 17.7 Å². The molecule has 1 saturated heterocycles. The molecule has 1 aliphatic rings. The van der Waals surface area contributed by atoms with E-state index in [2.05, 4.69) is 10.4 Å². The molecule has 0 radical (unpaired) electrons. The van der Waals surface area contributed by atoms with Crippen molar-refractivity contribution in [3.63, 3.8) is 0 Å². The molecule has 27 heavy (non-hydrogen) atoms. The molecule has 4 rings (SSSR count). The maximum absolute atomic E-state index is 12.5. The lowest BCUT2D eigenvalue weighted by molar-refractivity contribution is -0.117. The van der Waals surface area contributed by atoms with E-state index >= 15 is 0 Å². The Bertz CT molecular complexity index is 994. The first kappa shape index (κ1) is 17.0. The summed E-state index contributed by atoms with van der Waals surface area (Å²) in [7, 11) is 0. The predicted molar refractivity (Wildman–Crippen MR) is 104 cm³/mol. The van der Waals surface area contributed by atoms with Crippen molar-refractivity contribution < 1.29 is 9.59 Å². The van der Waals surface area contributed by atoms with Gasteiger partial charge >= 0.3 is 0 Å². The van der Waals surface area contributed by atoms with Crippen molar-refractivity contribution in [2.24, 2.45) is 0 Å². The molecule has 0 aliphatic carbocycles. The van der Waals surface area contributed by atoms with Crippen LogP contribution in [0.1, 0.15) is 28.8 Å². The summed E-state index contributed by atoms with van der Waals surface area (Å²) in [5, 5.41) is 7.15. The van der Waals surface area contributed by atoms with E-state index in [1.807, 2.05) is 60.4 Å². The number of aromatic nitrogens is 2. The molecule has 2 amide bonds. The molecule has 1 aliphatic heterocycles. The molecule has 3 aromatic rings. The van der Waals surface area contributed by atoms with Crippen LogP contribution in [0.15, 0.2) is 60.9 Å². The number of benzene rings is 2. The third-order valence-electron chi connectivity index (χ3n) is 4.68. The van der Waals surface area contributed by atoms with Crippen LogP contribution in [-0.4, -0.2) is 28.1 Å². The molecule has 0 unspecified atom stereocenters. The number of hydrogen-bond acceptors (Lipinski definition) is 3. The lowest BCUT2D eigenvalue weighted by Crippen LogP contribution is -2.24. The highest BCUT2D eigenvalue weighted by molar-refractivity contribution is 6.04. The minimum atomic E-state index is -0.221. The van der Waals surface area contributed by atoms with E-state index in [1.54, 1.807) is 17.1 Å². The molecule has 2 aromatic carbocycles. The molecule has 6 heteroatoms. The zero-order chi connectivity index (χ0) is 18.8. The van der Waals surface area contributed by atoms with E-state index in [-0.39, 0.29) is 11.8 Å². The molecule has 1 N–H and O–H groups in total. The fourth-order valence-corrected chi connectivity index (χ4v) is 3.30. The summed E-state index contributed by atoms with van der Waals surface area (Å²) in [5.74, 6) is -0.0650. The third kappa shape index (κ3) is 3.46. The molecule has 2 heterocycles. The Labute approximate surface area is 157 Å². The number of nitrogens with one attached hydrogen (secondary N) is 1. The van der Waals surface area contributed by atoms with Crippen LogP contribution in [0.25, 0.3) is 5.69 Å². The molecular formula is C21H20N4O2. The fourth-order valence-electron chi connectivity index (χ4n) is 3.30. The van der Waals surface area contributed by atoms with Crippen LogP contribution in [0.3, 0.4) is 0 Å². The average molecular weight is 360 g/mol. The largest absolute Gasteiger partial charge is 0.322 e. The maximum atomic E-state index is 12.5. The van der Waals surface area contributed by atoms with Gasteiger partial charge < -0.3 is 10.2 Å². The Morgan fingerprint density at radius 3 is 2.67 bits per heavy atom. The molecule has 0 saturated carbocycles. The molecule has 1 aromatic heterocycles. The molecule has 0 spiro atoms. The number of rotatable bonds is 4. The Morgan fingerprint density at radius 1 is 1.15 bits per heavy atom. The minimum absolute atomic E-state index is 0.156. The second kappa shape index (κ2) is 7.07. The third-order valence-corrected chi connectivity index (χ3v) is 4.68. The predicted octanol–water partition coefficient (Wildman–Crippen LogP) is 3.56. The van der Waals surface area contributed by atoms with Crippen molar-refractivity contribution in [1.82, 2.24) is 9.78 Å². The van der Waals surface area contributed by atoms with Gasteiger partial charge in [0.25, 0.3) is 5.91 Å². The van der Waals surface area contributed by atoms with E-state index in [0.717, 1.165) is 29.9 Å². The van der Waals surface area contributed by atoms with Gasteiger partial charge in [-0.05, 0) is 49.2 Å². The van der Waals surface area contributed by atoms with Gasteiger partial charge in [0.05, 0.1) is 17.4 Å². The number of carbonyl (C=O) groups is 2.